The van der Waals surface area contributed by atoms with Gasteiger partial charge >= 0.3 is 12.1 Å². The molecule has 3 aliphatic rings. The molecule has 0 saturated carbocycles. The Balaban J connectivity index is 1.44. The number of primary amides is 1. The second-order valence-electron chi connectivity index (χ2n) is 15.8. The van der Waals surface area contributed by atoms with Crippen molar-refractivity contribution in [2.24, 2.45) is 16.9 Å². The summed E-state index contributed by atoms with van der Waals surface area (Å²) in [5.74, 6) is -6.96. The summed E-state index contributed by atoms with van der Waals surface area (Å²) in [5.41, 5.74) is 6.65. The van der Waals surface area contributed by atoms with Crippen molar-refractivity contribution in [1.29, 1.82) is 0 Å². The minimum Gasteiger partial charge on any atom is -0.507 e. The molecule has 0 spiro atoms. The third kappa shape index (κ3) is 9.72. The van der Waals surface area contributed by atoms with Crippen molar-refractivity contribution in [3.8, 4) is 17.2 Å². The topological polar surface area (TPSA) is 332 Å². The molecule has 10 N–H and O–H groups in total. The van der Waals surface area contributed by atoms with Crippen molar-refractivity contribution < 1.29 is 82.5 Å². The van der Waals surface area contributed by atoms with Crippen LogP contribution in [0.5, 0.6) is 17.2 Å². The van der Waals surface area contributed by atoms with Crippen LogP contribution < -0.4 is 27.0 Å². The lowest BCUT2D eigenvalue weighted by Crippen LogP contribution is -2.56. The number of nitrogens with one attached hydrogen (secondary N) is 2. The van der Waals surface area contributed by atoms with Gasteiger partial charge in [0.2, 0.25) is 17.5 Å². The third-order valence-electron chi connectivity index (χ3n) is 10.8. The molecule has 7 atom stereocenters. The van der Waals surface area contributed by atoms with Crippen LogP contribution in [0.15, 0.2) is 30.9 Å². The van der Waals surface area contributed by atoms with E-state index in [1.807, 2.05) is 0 Å². The average Bonchev–Trinajstić information content (AvgIpc) is 3.22. The summed E-state index contributed by atoms with van der Waals surface area (Å²) in [6.07, 6.45) is -6.70. The second kappa shape index (κ2) is 19.0. The van der Waals surface area contributed by atoms with Gasteiger partial charge in [-0.25, -0.2) is 10.3 Å². The highest BCUT2D eigenvalue weighted by Crippen LogP contribution is 2.52. The summed E-state index contributed by atoms with van der Waals surface area (Å²) in [7, 11) is 1.28. The second-order valence-corrected chi connectivity index (χ2v) is 15.8. The Kier molecular flexibility index (Phi) is 14.4. The van der Waals surface area contributed by atoms with E-state index in [4.69, 9.17) is 40.0 Å². The molecule has 3 amide bonds. The molecule has 62 heavy (non-hydrogen) atoms. The number of methoxy groups -OCH3 is 1. The first kappa shape index (κ1) is 47.1. The van der Waals surface area contributed by atoms with Crippen LogP contribution in [0.1, 0.15) is 95.5 Å². The molecule has 2 aliphatic carbocycles. The third-order valence-corrected chi connectivity index (χ3v) is 10.8. The lowest BCUT2D eigenvalue weighted by Gasteiger charge is -2.42. The number of aromatic hydroxyl groups is 2. The fourth-order valence-corrected chi connectivity index (χ4v) is 7.35. The summed E-state index contributed by atoms with van der Waals surface area (Å²) in [6, 6.07) is 2.03. The quantitative estimate of drug-likeness (QED) is 0.0388. The molecule has 0 aromatic heterocycles. The van der Waals surface area contributed by atoms with E-state index >= 15 is 0 Å². The molecule has 336 valence electrons. The number of carbonyl (C=O) groups is 7. The van der Waals surface area contributed by atoms with E-state index < -0.39 is 138 Å². The number of aliphatic hydroxyl groups excluding tert-OH is 1. The van der Waals surface area contributed by atoms with E-state index in [9.17, 15) is 54.0 Å². The average molecular weight is 871 g/mol. The number of phenolic OH excluding ortho intramolecular Hbond substituents is 2. The lowest BCUT2D eigenvalue weighted by atomic mass is 9.72. The van der Waals surface area contributed by atoms with E-state index in [2.05, 4.69) is 17.4 Å². The Bertz CT molecular complexity index is 2160. The Hall–Kier alpha value is -5.97. The number of fused-ring (bicyclic) bond motifs is 3. The predicted molar refractivity (Wildman–Crippen MR) is 210 cm³/mol. The van der Waals surface area contributed by atoms with E-state index in [1.165, 1.54) is 52.2 Å². The molecule has 1 aliphatic heterocycles. The molecule has 1 unspecified atom stereocenters. The van der Waals surface area contributed by atoms with Gasteiger partial charge in [-0.15, -0.1) is 0 Å². The molecule has 0 radical (unpaired) electrons. The van der Waals surface area contributed by atoms with Crippen LogP contribution in [0, 0.1) is 5.41 Å². The Morgan fingerprint density at radius 1 is 1.08 bits per heavy atom. The number of hydrogen-bond donors (Lipinski definition) is 8. The highest BCUT2D eigenvalue weighted by atomic mass is 16.7. The number of ketones is 3. The van der Waals surface area contributed by atoms with Gasteiger partial charge in [0, 0.05) is 42.4 Å². The number of hydroxylamine groups is 1. The van der Waals surface area contributed by atoms with Crippen LogP contribution >= 0.6 is 0 Å². The van der Waals surface area contributed by atoms with Gasteiger partial charge in [-0.05, 0) is 33.3 Å². The van der Waals surface area contributed by atoms with Gasteiger partial charge in [-0.1, -0.05) is 24.8 Å². The molecular weight excluding hydrogens is 820 g/mol. The van der Waals surface area contributed by atoms with Gasteiger partial charge in [-0.3, -0.25) is 33.6 Å². The Morgan fingerprint density at radius 2 is 1.77 bits per heavy atom. The van der Waals surface area contributed by atoms with Gasteiger partial charge in [0.15, 0.2) is 18.7 Å². The number of rotatable bonds is 17. The molecule has 21 nitrogen and oxygen atoms in total. The highest BCUT2D eigenvalue weighted by molar-refractivity contribution is 6.31. The molecule has 5 rings (SSSR count). The van der Waals surface area contributed by atoms with E-state index in [0.29, 0.717) is 0 Å². The van der Waals surface area contributed by atoms with Crippen LogP contribution in [-0.2, 0) is 49.4 Å². The lowest BCUT2D eigenvalue weighted by molar-refractivity contribution is -0.249. The largest absolute Gasteiger partial charge is 0.507 e. The maximum Gasteiger partial charge on any atom is 0.407 e. The number of esters is 1. The molecule has 1 heterocycles. The normalized spacial score (nSPS) is 23.4. The van der Waals surface area contributed by atoms with Crippen LogP contribution in [0.25, 0.3) is 0 Å². The molecule has 1 fully saturated rings. The summed E-state index contributed by atoms with van der Waals surface area (Å²) in [5, 5.41) is 49.2. The highest BCUT2D eigenvalue weighted by Gasteiger charge is 2.51. The van der Waals surface area contributed by atoms with E-state index in [-0.39, 0.29) is 53.9 Å². The number of benzene rings is 2. The van der Waals surface area contributed by atoms with E-state index in [1.54, 1.807) is 0 Å². The summed E-state index contributed by atoms with van der Waals surface area (Å²) >= 11 is 0. The SMILES string of the molecule is C=CCOC(=O)N[C@H]1C[C@H](O[C@H]2C[C@](O)(C(=O)COC(=O)C(C)(C)CONC(=O)C(N)CCC(N)=O)Cc3c(O)c4c(c(O)c32)C(=O)c2c(OC)cccc2C4=O)O[C@@H](C)[C@H]1O. The summed E-state index contributed by atoms with van der Waals surface area (Å²) in [4.78, 5) is 95.9. The maximum absolute atomic E-state index is 14.1. The van der Waals surface area contributed by atoms with Crippen molar-refractivity contribution >= 4 is 41.2 Å². The zero-order valence-electron chi connectivity index (χ0n) is 34.4. The van der Waals surface area contributed by atoms with Crippen LogP contribution in [0.2, 0.25) is 0 Å². The van der Waals surface area contributed by atoms with Gasteiger partial charge in [0.05, 0.1) is 60.1 Å². The smallest absolute Gasteiger partial charge is 0.407 e. The first-order valence-corrected chi connectivity index (χ1v) is 19.4. The van der Waals surface area contributed by atoms with Crippen LogP contribution in [0.3, 0.4) is 0 Å². The predicted octanol–water partition coefficient (Wildman–Crippen LogP) is 0.173. The monoisotopic (exact) mass is 870 g/mol. The first-order chi connectivity index (χ1) is 29.1. The first-order valence-electron chi connectivity index (χ1n) is 19.4. The van der Waals surface area contributed by atoms with Crippen molar-refractivity contribution in [1.82, 2.24) is 10.8 Å². The Morgan fingerprint density at radius 3 is 2.44 bits per heavy atom. The number of hydrogen-bond acceptors (Lipinski definition) is 18. The maximum atomic E-state index is 14.1. The van der Waals surface area contributed by atoms with Gasteiger partial charge in [-0.2, -0.15) is 0 Å². The molecule has 0 bridgehead atoms. The minimum absolute atomic E-state index is 0.0134. The molecule has 2 aromatic rings. The zero-order valence-corrected chi connectivity index (χ0v) is 34.4. The Labute approximate surface area is 354 Å². The number of Topliss-reactive ketones (excluding diaryl/α,β-unsaturated/α-hetero) is 1. The van der Waals surface area contributed by atoms with Gasteiger partial charge < -0.3 is 60.9 Å². The number of ether oxygens (including phenoxy) is 5. The number of carbonyl (C=O) groups excluding carboxylic acids is 7. The van der Waals surface area contributed by atoms with Crippen LogP contribution in [0.4, 0.5) is 4.79 Å². The van der Waals surface area contributed by atoms with Crippen molar-refractivity contribution in [3.05, 3.63) is 64.2 Å². The van der Waals surface area contributed by atoms with Gasteiger partial charge in [0.25, 0.3) is 5.91 Å². The number of alkyl carbamates (subject to hydrolysis) is 1. The number of phenols is 2. The molecular formula is C41H50N4O17. The van der Waals surface area contributed by atoms with Gasteiger partial charge in [0.1, 0.15) is 35.6 Å². The van der Waals surface area contributed by atoms with Crippen molar-refractivity contribution in [2.75, 3.05) is 26.9 Å². The van der Waals surface area contributed by atoms with Crippen molar-refractivity contribution in [3.63, 3.8) is 0 Å². The number of amides is 3. The minimum atomic E-state index is -2.54. The molecule has 2 aromatic carbocycles. The summed E-state index contributed by atoms with van der Waals surface area (Å²) in [6.45, 7) is 6.04. The fourth-order valence-electron chi connectivity index (χ4n) is 7.35. The standard InChI is InChI=1S/C41H50N4O17/c1-6-12-58-39(55)44-22-13-27(61-18(2)32(22)48)62-24-15-41(56,25(46)16-59-38(54)40(3,4)17-60-45-37(53)21(42)10-11-26(43)47)14-20-29(24)36(52)31-30(34(20)50)33(49)19-8-7-9-23(57-5)28(19)35(31)51/h6-9,18,21-22,24,27,32,48,50,52,56H,1,10-17,42H2,2-5H3,(H2,43,47)(H,44,55)(H,45,53)/t18-,21?,22-,24-,27-,32+,41-/m0/s1. The molecule has 1 saturated heterocycles. The van der Waals surface area contributed by atoms with Crippen LogP contribution in [-0.4, -0.2) is 125 Å². The van der Waals surface area contributed by atoms with Crippen molar-refractivity contribution in [2.45, 2.75) is 95.2 Å². The van der Waals surface area contributed by atoms with E-state index in [0.717, 1.165) is 0 Å². The number of nitrogens with two attached hydrogens (primary N) is 2. The fraction of sp³-hybridized carbons (Fsp3) is 0.488. The zero-order chi connectivity index (χ0) is 45.8. The summed E-state index contributed by atoms with van der Waals surface area (Å²) < 4.78 is 27.7. The molecule has 21 heteroatoms. The number of aliphatic hydroxyl groups is 2.